The molecule has 13 heavy (non-hydrogen) atoms. The van der Waals surface area contributed by atoms with Crippen LogP contribution in [0.2, 0.25) is 0 Å². The van der Waals surface area contributed by atoms with Crippen molar-refractivity contribution in [2.45, 2.75) is 19.9 Å². The highest BCUT2D eigenvalue weighted by atomic mass is 15.2. The zero-order valence-electron chi connectivity index (χ0n) is 8.92. The first kappa shape index (κ1) is 12.8. The van der Waals surface area contributed by atoms with Crippen molar-refractivity contribution in [3.63, 3.8) is 0 Å². The van der Waals surface area contributed by atoms with E-state index in [4.69, 9.17) is 11.5 Å². The first-order chi connectivity index (χ1) is 6.20. The van der Waals surface area contributed by atoms with Gasteiger partial charge in [0.05, 0.1) is 0 Å². The predicted octanol–water partition coefficient (Wildman–Crippen LogP) is -0.796. The highest BCUT2D eigenvalue weighted by molar-refractivity contribution is 4.70. The van der Waals surface area contributed by atoms with E-state index in [0.29, 0.717) is 6.04 Å². The van der Waals surface area contributed by atoms with Gasteiger partial charge in [-0.3, -0.25) is 4.90 Å². The Balaban J connectivity index is 0.000000424. The van der Waals surface area contributed by atoms with E-state index in [1.807, 2.05) is 6.92 Å². The zero-order valence-corrected chi connectivity index (χ0v) is 8.92. The Morgan fingerprint density at radius 3 is 2.23 bits per heavy atom. The number of nitrogens with two attached hydrogens (primary N) is 2. The molecule has 0 spiro atoms. The van der Waals surface area contributed by atoms with Crippen molar-refractivity contribution >= 4 is 0 Å². The Morgan fingerprint density at radius 2 is 1.85 bits per heavy atom. The summed E-state index contributed by atoms with van der Waals surface area (Å²) >= 11 is 0. The summed E-state index contributed by atoms with van der Waals surface area (Å²) in [4.78, 5) is 2.40. The minimum Gasteiger partial charge on any atom is -0.331 e. The molecule has 1 saturated heterocycles. The Morgan fingerprint density at radius 1 is 1.38 bits per heavy atom. The number of piperazine rings is 1. The van der Waals surface area contributed by atoms with E-state index in [9.17, 15) is 0 Å². The Bertz CT molecular complexity index is 99.8. The first-order valence-corrected chi connectivity index (χ1v) is 5.09. The second kappa shape index (κ2) is 8.44. The molecule has 0 saturated carbocycles. The van der Waals surface area contributed by atoms with Crippen molar-refractivity contribution in [3.8, 4) is 0 Å². The topological polar surface area (TPSA) is 67.3 Å². The first-order valence-electron chi connectivity index (χ1n) is 5.09. The number of rotatable bonds is 2. The van der Waals surface area contributed by atoms with Gasteiger partial charge in [-0.2, -0.15) is 0 Å². The number of nitrogens with one attached hydrogen (secondary N) is 1. The number of hydrogen-bond donors (Lipinski definition) is 3. The third-order valence-electron chi connectivity index (χ3n) is 1.76. The van der Waals surface area contributed by atoms with Crippen molar-refractivity contribution in [1.29, 1.82) is 0 Å². The maximum absolute atomic E-state index is 5.66. The van der Waals surface area contributed by atoms with Gasteiger partial charge >= 0.3 is 0 Å². The van der Waals surface area contributed by atoms with E-state index in [-0.39, 0.29) is 0 Å². The SMILES string of the molecule is CC(N)CN1CCNCC1.CCN. The van der Waals surface area contributed by atoms with E-state index in [1.54, 1.807) is 0 Å². The van der Waals surface area contributed by atoms with E-state index in [2.05, 4.69) is 17.1 Å². The lowest BCUT2D eigenvalue weighted by atomic mass is 10.3. The normalized spacial score (nSPS) is 20.3. The molecule has 80 valence electrons. The molecule has 4 nitrogen and oxygen atoms in total. The van der Waals surface area contributed by atoms with Crippen molar-refractivity contribution in [3.05, 3.63) is 0 Å². The summed E-state index contributed by atoms with van der Waals surface area (Å²) in [6.45, 7) is 10.3. The van der Waals surface area contributed by atoms with Crippen LogP contribution in [0.25, 0.3) is 0 Å². The fourth-order valence-corrected chi connectivity index (χ4v) is 1.30. The molecule has 1 aliphatic rings. The highest BCUT2D eigenvalue weighted by Gasteiger charge is 2.09. The van der Waals surface area contributed by atoms with Crippen molar-refractivity contribution < 1.29 is 0 Å². The molecule has 1 aliphatic heterocycles. The van der Waals surface area contributed by atoms with E-state index < -0.39 is 0 Å². The Kier molecular flexibility index (Phi) is 8.33. The quantitative estimate of drug-likeness (QED) is 0.531. The molecule has 0 radical (unpaired) electrons. The van der Waals surface area contributed by atoms with Gasteiger partial charge in [0, 0.05) is 38.8 Å². The van der Waals surface area contributed by atoms with Crippen LogP contribution in [0.3, 0.4) is 0 Å². The lowest BCUT2D eigenvalue weighted by molar-refractivity contribution is 0.231. The van der Waals surface area contributed by atoms with Crippen LogP contribution in [-0.4, -0.2) is 50.2 Å². The van der Waals surface area contributed by atoms with Crippen molar-refractivity contribution in [2.75, 3.05) is 39.3 Å². The largest absolute Gasteiger partial charge is 0.331 e. The average molecular weight is 188 g/mol. The zero-order chi connectivity index (χ0) is 10.1. The molecular formula is C9H24N4. The molecule has 0 bridgehead atoms. The van der Waals surface area contributed by atoms with E-state index >= 15 is 0 Å². The molecule has 0 amide bonds. The molecule has 1 rings (SSSR count). The molecule has 0 aromatic carbocycles. The Hall–Kier alpha value is -0.160. The average Bonchev–Trinajstić information content (AvgIpc) is 2.06. The van der Waals surface area contributed by atoms with Gasteiger partial charge in [0.25, 0.3) is 0 Å². The molecule has 1 fully saturated rings. The number of nitrogens with zero attached hydrogens (tertiary/aromatic N) is 1. The van der Waals surface area contributed by atoms with Crippen LogP contribution in [0.4, 0.5) is 0 Å². The van der Waals surface area contributed by atoms with Gasteiger partial charge in [-0.15, -0.1) is 0 Å². The second-order valence-electron chi connectivity index (χ2n) is 3.44. The molecule has 4 heteroatoms. The molecule has 1 heterocycles. The molecule has 1 atom stereocenters. The molecule has 0 aromatic rings. The van der Waals surface area contributed by atoms with Crippen LogP contribution >= 0.6 is 0 Å². The van der Waals surface area contributed by atoms with Crippen LogP contribution in [0.15, 0.2) is 0 Å². The molecule has 5 N–H and O–H groups in total. The predicted molar refractivity (Wildman–Crippen MR) is 57.7 cm³/mol. The minimum atomic E-state index is 0.318. The highest BCUT2D eigenvalue weighted by Crippen LogP contribution is 1.92. The summed E-state index contributed by atoms with van der Waals surface area (Å²) in [6, 6.07) is 0.318. The summed E-state index contributed by atoms with van der Waals surface area (Å²) in [5.74, 6) is 0. The third kappa shape index (κ3) is 8.18. The van der Waals surface area contributed by atoms with Crippen LogP contribution in [0.1, 0.15) is 13.8 Å². The number of hydrogen-bond acceptors (Lipinski definition) is 4. The fraction of sp³-hybridized carbons (Fsp3) is 1.00. The third-order valence-corrected chi connectivity index (χ3v) is 1.76. The standard InChI is InChI=1S/C7H17N3.C2H7N/c1-7(8)6-10-4-2-9-3-5-10;1-2-3/h7,9H,2-6,8H2,1H3;2-3H2,1H3. The summed E-state index contributed by atoms with van der Waals surface area (Å²) in [5, 5.41) is 3.31. The van der Waals surface area contributed by atoms with E-state index in [0.717, 1.165) is 39.3 Å². The monoisotopic (exact) mass is 188 g/mol. The van der Waals surface area contributed by atoms with Crippen molar-refractivity contribution in [1.82, 2.24) is 10.2 Å². The smallest absolute Gasteiger partial charge is 0.0139 e. The lowest BCUT2D eigenvalue weighted by Crippen LogP contribution is -2.47. The van der Waals surface area contributed by atoms with Gasteiger partial charge in [0.15, 0.2) is 0 Å². The van der Waals surface area contributed by atoms with Gasteiger partial charge in [-0.05, 0) is 13.5 Å². The van der Waals surface area contributed by atoms with Crippen LogP contribution < -0.4 is 16.8 Å². The van der Waals surface area contributed by atoms with Crippen molar-refractivity contribution in [2.24, 2.45) is 11.5 Å². The van der Waals surface area contributed by atoms with Gasteiger partial charge in [-0.25, -0.2) is 0 Å². The fourth-order valence-electron chi connectivity index (χ4n) is 1.30. The van der Waals surface area contributed by atoms with Crippen LogP contribution in [-0.2, 0) is 0 Å². The summed E-state index contributed by atoms with van der Waals surface area (Å²) in [7, 11) is 0. The Labute approximate surface area is 81.6 Å². The lowest BCUT2D eigenvalue weighted by Gasteiger charge is -2.28. The minimum absolute atomic E-state index is 0.318. The molecule has 1 unspecified atom stereocenters. The maximum atomic E-state index is 5.66. The maximum Gasteiger partial charge on any atom is 0.0139 e. The van der Waals surface area contributed by atoms with E-state index in [1.165, 1.54) is 0 Å². The van der Waals surface area contributed by atoms with Gasteiger partial charge < -0.3 is 16.8 Å². The van der Waals surface area contributed by atoms with Crippen LogP contribution in [0.5, 0.6) is 0 Å². The van der Waals surface area contributed by atoms with Gasteiger partial charge in [-0.1, -0.05) is 6.92 Å². The summed E-state index contributed by atoms with van der Waals surface area (Å²) in [5.41, 5.74) is 10.5. The molecule has 0 aliphatic carbocycles. The van der Waals surface area contributed by atoms with Crippen LogP contribution in [0, 0.1) is 0 Å². The molecule has 0 aromatic heterocycles. The van der Waals surface area contributed by atoms with Gasteiger partial charge in [0.1, 0.15) is 0 Å². The second-order valence-corrected chi connectivity index (χ2v) is 3.44. The summed E-state index contributed by atoms with van der Waals surface area (Å²) in [6.07, 6.45) is 0. The molecular weight excluding hydrogens is 164 g/mol. The van der Waals surface area contributed by atoms with Gasteiger partial charge in [0.2, 0.25) is 0 Å². The summed E-state index contributed by atoms with van der Waals surface area (Å²) < 4.78 is 0.